The lowest BCUT2D eigenvalue weighted by molar-refractivity contribution is -0.119. The van der Waals surface area contributed by atoms with Gasteiger partial charge in [-0.1, -0.05) is 42.5 Å². The van der Waals surface area contributed by atoms with Crippen LogP contribution in [0.3, 0.4) is 0 Å². The normalized spacial score (nSPS) is 11.4. The molecule has 0 saturated carbocycles. The van der Waals surface area contributed by atoms with Crippen LogP contribution in [-0.4, -0.2) is 33.3 Å². The van der Waals surface area contributed by atoms with E-state index in [-0.39, 0.29) is 36.7 Å². The SMILES string of the molecule is Cc1cccc(N(CCC(N)=O)C(=O)CCNS(=O)(=O)c2ccc3ccccc3c2)c1. The van der Waals surface area contributed by atoms with Crippen molar-refractivity contribution in [2.75, 3.05) is 18.0 Å². The Bertz CT molecular complexity index is 1210. The van der Waals surface area contributed by atoms with Gasteiger partial charge in [0.25, 0.3) is 0 Å². The average molecular weight is 440 g/mol. The second-order valence-corrected chi connectivity index (χ2v) is 9.02. The number of nitrogens with one attached hydrogen (secondary N) is 1. The van der Waals surface area contributed by atoms with Crippen LogP contribution in [0, 0.1) is 6.92 Å². The summed E-state index contributed by atoms with van der Waals surface area (Å²) in [5, 5.41) is 1.76. The van der Waals surface area contributed by atoms with E-state index in [1.807, 2.05) is 49.4 Å². The van der Waals surface area contributed by atoms with E-state index in [9.17, 15) is 18.0 Å². The van der Waals surface area contributed by atoms with Crippen molar-refractivity contribution in [3.05, 3.63) is 72.3 Å². The highest BCUT2D eigenvalue weighted by atomic mass is 32.2. The number of carbonyl (C=O) groups excluding carboxylic acids is 2. The van der Waals surface area contributed by atoms with Gasteiger partial charge in [-0.05, 0) is 47.5 Å². The van der Waals surface area contributed by atoms with Crippen LogP contribution in [0.2, 0.25) is 0 Å². The van der Waals surface area contributed by atoms with Gasteiger partial charge in [0.2, 0.25) is 21.8 Å². The van der Waals surface area contributed by atoms with E-state index in [1.165, 1.54) is 4.90 Å². The first-order valence-corrected chi connectivity index (χ1v) is 11.4. The maximum Gasteiger partial charge on any atom is 0.240 e. The van der Waals surface area contributed by atoms with E-state index in [2.05, 4.69) is 4.72 Å². The number of anilines is 1. The first-order chi connectivity index (χ1) is 14.8. The van der Waals surface area contributed by atoms with Crippen molar-refractivity contribution in [1.29, 1.82) is 0 Å². The third-order valence-corrected chi connectivity index (χ3v) is 6.32. The van der Waals surface area contributed by atoms with E-state index in [0.717, 1.165) is 16.3 Å². The minimum absolute atomic E-state index is 0.0164. The predicted molar refractivity (Wildman–Crippen MR) is 121 cm³/mol. The number of carbonyl (C=O) groups is 2. The van der Waals surface area contributed by atoms with Crippen molar-refractivity contribution in [2.24, 2.45) is 5.73 Å². The number of primary amides is 1. The lowest BCUT2D eigenvalue weighted by Crippen LogP contribution is -2.36. The van der Waals surface area contributed by atoms with Crippen molar-refractivity contribution in [3.8, 4) is 0 Å². The van der Waals surface area contributed by atoms with Crippen molar-refractivity contribution < 1.29 is 18.0 Å². The van der Waals surface area contributed by atoms with Crippen LogP contribution in [0.25, 0.3) is 10.8 Å². The van der Waals surface area contributed by atoms with E-state index >= 15 is 0 Å². The Balaban J connectivity index is 1.68. The number of nitrogens with zero attached hydrogens (tertiary/aromatic N) is 1. The molecule has 3 N–H and O–H groups in total. The van der Waals surface area contributed by atoms with E-state index in [0.29, 0.717) is 5.69 Å². The lowest BCUT2D eigenvalue weighted by atomic mass is 10.1. The summed E-state index contributed by atoms with van der Waals surface area (Å²) in [6, 6.07) is 19.7. The molecule has 0 radical (unpaired) electrons. The fourth-order valence-electron chi connectivity index (χ4n) is 3.26. The molecule has 0 saturated heterocycles. The molecule has 0 spiro atoms. The molecular weight excluding hydrogens is 414 g/mol. The number of hydrogen-bond acceptors (Lipinski definition) is 4. The molecular formula is C23H25N3O4S. The molecule has 162 valence electrons. The standard InChI is InChI=1S/C23H25N3O4S/c1-17-5-4-8-20(15-17)26(14-12-22(24)27)23(28)11-13-25-31(29,30)21-10-9-18-6-2-3-7-19(18)16-21/h2-10,15-16,25H,11-14H2,1H3,(H2,24,27). The van der Waals surface area contributed by atoms with Crippen molar-refractivity contribution >= 4 is 38.3 Å². The van der Waals surface area contributed by atoms with Gasteiger partial charge in [-0.2, -0.15) is 0 Å². The minimum atomic E-state index is -3.77. The second kappa shape index (κ2) is 9.72. The molecule has 0 atom stereocenters. The summed E-state index contributed by atoms with van der Waals surface area (Å²) in [7, 11) is -3.77. The summed E-state index contributed by atoms with van der Waals surface area (Å²) in [5.41, 5.74) is 6.85. The van der Waals surface area contributed by atoms with Crippen molar-refractivity contribution in [1.82, 2.24) is 4.72 Å². The summed E-state index contributed by atoms with van der Waals surface area (Å²) in [6.45, 7) is 1.97. The quantitative estimate of drug-likeness (QED) is 0.534. The number of benzene rings is 3. The number of hydrogen-bond donors (Lipinski definition) is 2. The zero-order valence-electron chi connectivity index (χ0n) is 17.2. The Labute approximate surface area is 181 Å². The van der Waals surface area contributed by atoms with Crippen LogP contribution in [0.5, 0.6) is 0 Å². The van der Waals surface area contributed by atoms with Gasteiger partial charge in [0.05, 0.1) is 4.90 Å². The first kappa shape index (κ1) is 22.5. The van der Waals surface area contributed by atoms with Crippen LogP contribution in [0.15, 0.2) is 71.6 Å². The zero-order valence-corrected chi connectivity index (χ0v) is 18.1. The molecule has 3 aromatic rings. The number of aryl methyl sites for hydroxylation is 1. The third-order valence-electron chi connectivity index (χ3n) is 4.86. The van der Waals surface area contributed by atoms with Gasteiger partial charge in [0, 0.05) is 31.6 Å². The Hall–Kier alpha value is -3.23. The van der Waals surface area contributed by atoms with Gasteiger partial charge in [-0.15, -0.1) is 0 Å². The van der Waals surface area contributed by atoms with E-state index in [4.69, 9.17) is 5.73 Å². The molecule has 8 heteroatoms. The highest BCUT2D eigenvalue weighted by Gasteiger charge is 2.19. The van der Waals surface area contributed by atoms with Gasteiger partial charge in [0.1, 0.15) is 0 Å². The number of amides is 2. The first-order valence-electron chi connectivity index (χ1n) is 9.90. The summed E-state index contributed by atoms with van der Waals surface area (Å²) >= 11 is 0. The third kappa shape index (κ3) is 5.90. The lowest BCUT2D eigenvalue weighted by Gasteiger charge is -2.23. The predicted octanol–water partition coefficient (Wildman–Crippen LogP) is 2.73. The number of rotatable bonds is 9. The molecule has 0 bridgehead atoms. The Morgan fingerprint density at radius 1 is 0.935 bits per heavy atom. The Morgan fingerprint density at radius 2 is 1.68 bits per heavy atom. The van der Waals surface area contributed by atoms with Crippen molar-refractivity contribution in [3.63, 3.8) is 0 Å². The van der Waals surface area contributed by atoms with Crippen LogP contribution in [0.4, 0.5) is 5.69 Å². The molecule has 0 aliphatic carbocycles. The molecule has 0 aromatic heterocycles. The Morgan fingerprint density at radius 3 is 2.39 bits per heavy atom. The van der Waals surface area contributed by atoms with Gasteiger partial charge in [-0.3, -0.25) is 9.59 Å². The number of nitrogens with two attached hydrogens (primary N) is 1. The summed E-state index contributed by atoms with van der Waals surface area (Å²) in [5.74, 6) is -0.810. The van der Waals surface area contributed by atoms with Crippen LogP contribution in [0.1, 0.15) is 18.4 Å². The van der Waals surface area contributed by atoms with Gasteiger partial charge >= 0.3 is 0 Å². The molecule has 0 heterocycles. The van der Waals surface area contributed by atoms with E-state index < -0.39 is 15.9 Å². The Kier molecular flexibility index (Phi) is 7.04. The van der Waals surface area contributed by atoms with Crippen LogP contribution in [-0.2, 0) is 19.6 Å². The number of fused-ring (bicyclic) bond motifs is 1. The molecule has 0 aliphatic heterocycles. The highest BCUT2D eigenvalue weighted by Crippen LogP contribution is 2.20. The fourth-order valence-corrected chi connectivity index (χ4v) is 4.33. The maximum atomic E-state index is 12.8. The zero-order chi connectivity index (χ0) is 22.4. The molecule has 3 rings (SSSR count). The van der Waals surface area contributed by atoms with Gasteiger partial charge in [0.15, 0.2) is 0 Å². The average Bonchev–Trinajstić information content (AvgIpc) is 2.73. The van der Waals surface area contributed by atoms with Gasteiger partial charge in [-0.25, -0.2) is 13.1 Å². The molecule has 0 unspecified atom stereocenters. The maximum absolute atomic E-state index is 12.8. The van der Waals surface area contributed by atoms with Crippen molar-refractivity contribution in [2.45, 2.75) is 24.7 Å². The molecule has 0 fully saturated rings. The molecule has 31 heavy (non-hydrogen) atoms. The summed E-state index contributed by atoms with van der Waals surface area (Å²) in [4.78, 5) is 25.6. The topological polar surface area (TPSA) is 110 Å². The molecule has 7 nitrogen and oxygen atoms in total. The largest absolute Gasteiger partial charge is 0.370 e. The summed E-state index contributed by atoms with van der Waals surface area (Å²) < 4.78 is 27.8. The van der Waals surface area contributed by atoms with Crippen LogP contribution < -0.4 is 15.4 Å². The molecule has 2 amide bonds. The smallest absolute Gasteiger partial charge is 0.240 e. The second-order valence-electron chi connectivity index (χ2n) is 7.26. The fraction of sp³-hybridized carbons (Fsp3) is 0.217. The van der Waals surface area contributed by atoms with Gasteiger partial charge < -0.3 is 10.6 Å². The minimum Gasteiger partial charge on any atom is -0.370 e. The highest BCUT2D eigenvalue weighted by molar-refractivity contribution is 7.89. The monoisotopic (exact) mass is 439 g/mol. The molecule has 3 aromatic carbocycles. The van der Waals surface area contributed by atoms with E-state index in [1.54, 1.807) is 24.3 Å². The van der Waals surface area contributed by atoms with Crippen LogP contribution >= 0.6 is 0 Å². The number of sulfonamides is 1. The molecule has 0 aliphatic rings. The summed E-state index contributed by atoms with van der Waals surface area (Å²) in [6.07, 6.45) is -0.0397.